The lowest BCUT2D eigenvalue weighted by atomic mass is 9.75. The van der Waals surface area contributed by atoms with Crippen LogP contribution >= 0.6 is 0 Å². The maximum absolute atomic E-state index is 11.3. The molecule has 0 heterocycles. The summed E-state index contributed by atoms with van der Waals surface area (Å²) in [6.07, 6.45) is 3.09. The van der Waals surface area contributed by atoms with Gasteiger partial charge >= 0.3 is 0 Å². The molecule has 0 saturated carbocycles. The van der Waals surface area contributed by atoms with Crippen molar-refractivity contribution in [3.63, 3.8) is 0 Å². The highest BCUT2D eigenvalue weighted by Gasteiger charge is 2.26. The Hall–Kier alpha value is -1.89. The van der Waals surface area contributed by atoms with Gasteiger partial charge in [-0.2, -0.15) is 0 Å². The van der Waals surface area contributed by atoms with Crippen LogP contribution < -0.4 is 0 Å². The third kappa shape index (κ3) is 1.97. The standard InChI is InChI=1S/C17H16O/c18-12-16-11-15(13-6-2-1-3-7-13)10-14-8-4-5-9-17(14)16/h1-9,12,15-16H,10-11H2. The molecule has 0 aromatic heterocycles. The second kappa shape index (κ2) is 4.77. The Morgan fingerprint density at radius 2 is 1.67 bits per heavy atom. The molecule has 18 heavy (non-hydrogen) atoms. The zero-order valence-electron chi connectivity index (χ0n) is 10.3. The minimum Gasteiger partial charge on any atom is -0.303 e. The second-order valence-electron chi connectivity index (χ2n) is 4.99. The summed E-state index contributed by atoms with van der Waals surface area (Å²) >= 11 is 0. The summed E-state index contributed by atoms with van der Waals surface area (Å²) in [6.45, 7) is 0. The van der Waals surface area contributed by atoms with Gasteiger partial charge in [-0.25, -0.2) is 0 Å². The highest BCUT2D eigenvalue weighted by atomic mass is 16.1. The van der Waals surface area contributed by atoms with Crippen molar-refractivity contribution in [3.05, 3.63) is 71.3 Å². The van der Waals surface area contributed by atoms with Crippen LogP contribution in [0.5, 0.6) is 0 Å². The molecule has 0 radical (unpaired) electrons. The normalized spacial score (nSPS) is 22.2. The molecule has 1 heteroatoms. The fourth-order valence-corrected chi connectivity index (χ4v) is 2.97. The van der Waals surface area contributed by atoms with E-state index in [4.69, 9.17) is 0 Å². The van der Waals surface area contributed by atoms with Crippen LogP contribution in [0.4, 0.5) is 0 Å². The van der Waals surface area contributed by atoms with Gasteiger partial charge in [0.1, 0.15) is 6.29 Å². The van der Waals surface area contributed by atoms with Crippen LogP contribution in [0.1, 0.15) is 34.9 Å². The van der Waals surface area contributed by atoms with Gasteiger partial charge in [-0.1, -0.05) is 54.6 Å². The fraction of sp³-hybridized carbons (Fsp3) is 0.235. The molecule has 0 fully saturated rings. The second-order valence-corrected chi connectivity index (χ2v) is 4.99. The molecule has 1 aliphatic rings. The number of rotatable bonds is 2. The van der Waals surface area contributed by atoms with E-state index in [0.717, 1.165) is 19.1 Å². The fourth-order valence-electron chi connectivity index (χ4n) is 2.97. The molecule has 0 saturated heterocycles. The lowest BCUT2D eigenvalue weighted by Crippen LogP contribution is -2.18. The predicted molar refractivity (Wildman–Crippen MR) is 72.8 cm³/mol. The van der Waals surface area contributed by atoms with Crippen LogP contribution in [-0.2, 0) is 11.2 Å². The molecule has 0 amide bonds. The summed E-state index contributed by atoms with van der Waals surface area (Å²) in [5.41, 5.74) is 3.90. The van der Waals surface area contributed by atoms with Gasteiger partial charge in [0.2, 0.25) is 0 Å². The molecule has 1 aliphatic carbocycles. The quantitative estimate of drug-likeness (QED) is 0.727. The number of aldehydes is 1. The van der Waals surface area contributed by atoms with Gasteiger partial charge in [-0.05, 0) is 35.4 Å². The molecule has 2 aromatic rings. The van der Waals surface area contributed by atoms with Gasteiger partial charge in [0.15, 0.2) is 0 Å². The summed E-state index contributed by atoms with van der Waals surface area (Å²) in [4.78, 5) is 11.3. The van der Waals surface area contributed by atoms with Crippen molar-refractivity contribution < 1.29 is 4.79 Å². The largest absolute Gasteiger partial charge is 0.303 e. The average molecular weight is 236 g/mol. The van der Waals surface area contributed by atoms with Crippen LogP contribution in [0.2, 0.25) is 0 Å². The van der Waals surface area contributed by atoms with E-state index in [1.807, 2.05) is 12.1 Å². The lowest BCUT2D eigenvalue weighted by molar-refractivity contribution is -0.109. The third-order valence-electron chi connectivity index (χ3n) is 3.89. The van der Waals surface area contributed by atoms with E-state index < -0.39 is 0 Å². The topological polar surface area (TPSA) is 17.1 Å². The number of carbonyl (C=O) groups is 1. The summed E-state index contributed by atoms with van der Waals surface area (Å²) in [5.74, 6) is 0.524. The smallest absolute Gasteiger partial charge is 0.127 e. The number of benzene rings is 2. The Morgan fingerprint density at radius 1 is 0.944 bits per heavy atom. The van der Waals surface area contributed by atoms with Crippen LogP contribution in [0.3, 0.4) is 0 Å². The van der Waals surface area contributed by atoms with E-state index in [1.165, 1.54) is 16.7 Å². The Labute approximate surface area is 107 Å². The van der Waals surface area contributed by atoms with Gasteiger partial charge in [0.05, 0.1) is 0 Å². The molecule has 3 rings (SSSR count). The Morgan fingerprint density at radius 3 is 2.44 bits per heavy atom. The van der Waals surface area contributed by atoms with Gasteiger partial charge in [-0.15, -0.1) is 0 Å². The van der Waals surface area contributed by atoms with E-state index in [0.29, 0.717) is 5.92 Å². The minimum absolute atomic E-state index is 0.0557. The van der Waals surface area contributed by atoms with E-state index in [9.17, 15) is 4.79 Å². The van der Waals surface area contributed by atoms with Crippen molar-refractivity contribution in [1.82, 2.24) is 0 Å². The minimum atomic E-state index is 0.0557. The molecular formula is C17H16O. The molecular weight excluding hydrogens is 220 g/mol. The van der Waals surface area contributed by atoms with E-state index in [2.05, 4.69) is 42.5 Å². The number of carbonyl (C=O) groups excluding carboxylic acids is 1. The van der Waals surface area contributed by atoms with E-state index >= 15 is 0 Å². The summed E-state index contributed by atoms with van der Waals surface area (Å²) < 4.78 is 0. The van der Waals surface area contributed by atoms with Gasteiger partial charge in [-0.3, -0.25) is 0 Å². The first kappa shape index (κ1) is 11.2. The Balaban J connectivity index is 1.97. The summed E-state index contributed by atoms with van der Waals surface area (Å²) in [6, 6.07) is 18.9. The first-order valence-corrected chi connectivity index (χ1v) is 6.46. The van der Waals surface area contributed by atoms with Crippen molar-refractivity contribution >= 4 is 6.29 Å². The highest BCUT2D eigenvalue weighted by molar-refractivity contribution is 5.64. The van der Waals surface area contributed by atoms with Crippen molar-refractivity contribution in [3.8, 4) is 0 Å². The summed E-state index contributed by atoms with van der Waals surface area (Å²) in [7, 11) is 0. The maximum atomic E-state index is 11.3. The lowest BCUT2D eigenvalue weighted by Gasteiger charge is -2.29. The van der Waals surface area contributed by atoms with Gasteiger partial charge in [0.25, 0.3) is 0 Å². The SMILES string of the molecule is O=CC1CC(c2ccccc2)Cc2ccccc21. The first-order chi connectivity index (χ1) is 8.88. The van der Waals surface area contributed by atoms with E-state index in [1.54, 1.807) is 0 Å². The maximum Gasteiger partial charge on any atom is 0.127 e. The number of hydrogen-bond donors (Lipinski definition) is 0. The molecule has 1 nitrogen and oxygen atoms in total. The van der Waals surface area contributed by atoms with Crippen molar-refractivity contribution in [2.45, 2.75) is 24.7 Å². The van der Waals surface area contributed by atoms with Crippen LogP contribution in [0.15, 0.2) is 54.6 Å². The Kier molecular flexibility index (Phi) is 2.97. The zero-order valence-corrected chi connectivity index (χ0v) is 10.3. The van der Waals surface area contributed by atoms with Crippen molar-refractivity contribution in [1.29, 1.82) is 0 Å². The van der Waals surface area contributed by atoms with Crippen LogP contribution in [0.25, 0.3) is 0 Å². The molecule has 2 unspecified atom stereocenters. The van der Waals surface area contributed by atoms with Gasteiger partial charge < -0.3 is 4.79 Å². The van der Waals surface area contributed by atoms with Crippen molar-refractivity contribution in [2.75, 3.05) is 0 Å². The van der Waals surface area contributed by atoms with E-state index in [-0.39, 0.29) is 5.92 Å². The molecule has 90 valence electrons. The first-order valence-electron chi connectivity index (χ1n) is 6.46. The van der Waals surface area contributed by atoms with Crippen LogP contribution in [-0.4, -0.2) is 6.29 Å². The third-order valence-corrected chi connectivity index (χ3v) is 3.89. The molecule has 0 bridgehead atoms. The van der Waals surface area contributed by atoms with Crippen molar-refractivity contribution in [2.24, 2.45) is 0 Å². The number of fused-ring (bicyclic) bond motifs is 1. The zero-order chi connectivity index (χ0) is 12.4. The molecule has 0 N–H and O–H groups in total. The van der Waals surface area contributed by atoms with Crippen LogP contribution in [0, 0.1) is 0 Å². The molecule has 2 atom stereocenters. The monoisotopic (exact) mass is 236 g/mol. The number of hydrogen-bond acceptors (Lipinski definition) is 1. The van der Waals surface area contributed by atoms with Gasteiger partial charge in [0, 0.05) is 5.92 Å². The molecule has 2 aromatic carbocycles. The summed E-state index contributed by atoms with van der Waals surface area (Å²) in [5, 5.41) is 0. The molecule has 0 spiro atoms. The predicted octanol–water partition coefficient (Wildman–Crippen LogP) is 3.70. The highest BCUT2D eigenvalue weighted by Crippen LogP contribution is 2.38. The molecule has 0 aliphatic heterocycles. The Bertz CT molecular complexity index is 545. The average Bonchev–Trinajstić information content (AvgIpc) is 2.47.